The molecule has 3 heterocycles. The minimum Gasteiger partial charge on any atom is -0.392 e. The minimum atomic E-state index is -0.414. The van der Waals surface area contributed by atoms with Gasteiger partial charge in [0.15, 0.2) is 0 Å². The summed E-state index contributed by atoms with van der Waals surface area (Å²) < 4.78 is 21.3. The summed E-state index contributed by atoms with van der Waals surface area (Å²) in [4.78, 5) is 19.7. The van der Waals surface area contributed by atoms with Crippen LogP contribution in [0.1, 0.15) is 42.4 Å². The van der Waals surface area contributed by atoms with Crippen molar-refractivity contribution in [3.63, 3.8) is 0 Å². The highest BCUT2D eigenvalue weighted by molar-refractivity contribution is 6.33. The number of nitrogens with one attached hydrogen (secondary N) is 1. The van der Waals surface area contributed by atoms with Crippen LogP contribution >= 0.6 is 11.6 Å². The SMILES string of the molecule is COC[C@H]1Cn2cc(-c3cc(NC(C)(C)C)ncc3Cl)cc2C(=O)N1Cc1cc(F)ccc1CO. The van der Waals surface area contributed by atoms with Crippen molar-refractivity contribution in [1.29, 1.82) is 0 Å². The summed E-state index contributed by atoms with van der Waals surface area (Å²) in [6.07, 6.45) is 3.51. The van der Waals surface area contributed by atoms with Crippen LogP contribution in [0, 0.1) is 5.82 Å². The zero-order valence-corrected chi connectivity index (χ0v) is 21.1. The van der Waals surface area contributed by atoms with Crippen molar-refractivity contribution < 1.29 is 19.0 Å². The van der Waals surface area contributed by atoms with E-state index in [1.165, 1.54) is 12.1 Å². The van der Waals surface area contributed by atoms with Gasteiger partial charge in [0.1, 0.15) is 17.3 Å². The number of aliphatic hydroxyl groups is 1. The number of halogens is 2. The van der Waals surface area contributed by atoms with E-state index in [0.29, 0.717) is 40.8 Å². The molecular weight excluding hydrogens is 471 g/mol. The zero-order chi connectivity index (χ0) is 25.3. The third-order valence-corrected chi connectivity index (χ3v) is 6.23. The molecule has 0 unspecified atom stereocenters. The Morgan fingerprint density at radius 3 is 2.71 bits per heavy atom. The van der Waals surface area contributed by atoms with Gasteiger partial charge in [0.05, 0.1) is 24.3 Å². The van der Waals surface area contributed by atoms with Gasteiger partial charge in [-0.2, -0.15) is 0 Å². The molecule has 7 nitrogen and oxygen atoms in total. The molecule has 3 aromatic rings. The molecule has 0 spiro atoms. The maximum Gasteiger partial charge on any atom is 0.271 e. The fourth-order valence-corrected chi connectivity index (χ4v) is 4.57. The third kappa shape index (κ3) is 5.50. The van der Waals surface area contributed by atoms with Gasteiger partial charge in [-0.25, -0.2) is 9.37 Å². The van der Waals surface area contributed by atoms with Gasteiger partial charge in [0.25, 0.3) is 5.91 Å². The Balaban J connectivity index is 1.69. The van der Waals surface area contributed by atoms with Crippen molar-refractivity contribution in [2.24, 2.45) is 0 Å². The second kappa shape index (κ2) is 9.97. The Hall–Kier alpha value is -2.94. The molecule has 186 valence electrons. The van der Waals surface area contributed by atoms with E-state index in [4.69, 9.17) is 16.3 Å². The smallest absolute Gasteiger partial charge is 0.271 e. The minimum absolute atomic E-state index is 0.163. The number of hydrogen-bond acceptors (Lipinski definition) is 5. The fraction of sp³-hybridized carbons (Fsp3) is 0.385. The Morgan fingerprint density at radius 2 is 2.03 bits per heavy atom. The highest BCUT2D eigenvalue weighted by atomic mass is 35.5. The van der Waals surface area contributed by atoms with E-state index >= 15 is 0 Å². The summed E-state index contributed by atoms with van der Waals surface area (Å²) >= 11 is 6.49. The molecule has 35 heavy (non-hydrogen) atoms. The van der Waals surface area contributed by atoms with Crippen molar-refractivity contribution in [3.8, 4) is 11.1 Å². The van der Waals surface area contributed by atoms with Gasteiger partial charge in [-0.3, -0.25) is 4.79 Å². The second-order valence-electron chi connectivity index (χ2n) is 9.80. The van der Waals surface area contributed by atoms with E-state index in [1.54, 1.807) is 24.3 Å². The summed E-state index contributed by atoms with van der Waals surface area (Å²) in [7, 11) is 1.58. The van der Waals surface area contributed by atoms with Crippen molar-refractivity contribution in [2.75, 3.05) is 19.0 Å². The van der Waals surface area contributed by atoms with Gasteiger partial charge in [0.2, 0.25) is 0 Å². The first-order chi connectivity index (χ1) is 16.6. The van der Waals surface area contributed by atoms with Crippen LogP contribution in [-0.2, 0) is 24.4 Å². The molecule has 4 rings (SSSR count). The summed E-state index contributed by atoms with van der Waals surface area (Å²) in [5.41, 5.74) is 3.05. The lowest BCUT2D eigenvalue weighted by atomic mass is 10.0. The summed E-state index contributed by atoms with van der Waals surface area (Å²) in [6.45, 7) is 6.89. The van der Waals surface area contributed by atoms with Crippen LogP contribution in [0.15, 0.2) is 42.7 Å². The van der Waals surface area contributed by atoms with Crippen LogP contribution in [0.2, 0.25) is 5.02 Å². The molecular formula is C26H30ClFN4O3. The molecule has 0 fully saturated rings. The Kier molecular flexibility index (Phi) is 7.17. The first-order valence-electron chi connectivity index (χ1n) is 11.4. The van der Waals surface area contributed by atoms with Gasteiger partial charge >= 0.3 is 0 Å². The normalized spacial score (nSPS) is 15.9. The van der Waals surface area contributed by atoms with Crippen molar-refractivity contribution in [3.05, 3.63) is 70.4 Å². The average molecular weight is 501 g/mol. The summed E-state index contributed by atoms with van der Waals surface area (Å²) in [5, 5.41) is 13.5. The van der Waals surface area contributed by atoms with E-state index in [1.807, 2.05) is 43.7 Å². The molecule has 0 aliphatic carbocycles. The van der Waals surface area contributed by atoms with E-state index in [2.05, 4.69) is 10.3 Å². The van der Waals surface area contributed by atoms with E-state index < -0.39 is 5.82 Å². The Labute approximate surface area is 209 Å². The van der Waals surface area contributed by atoms with Crippen molar-refractivity contribution in [2.45, 2.75) is 52.0 Å². The number of ether oxygens (including phenoxy) is 1. The summed E-state index contributed by atoms with van der Waals surface area (Å²) in [6, 6.07) is 7.64. The maximum atomic E-state index is 13.9. The molecule has 9 heteroatoms. The first-order valence-corrected chi connectivity index (χ1v) is 11.8. The number of anilines is 1. The number of pyridine rings is 1. The van der Waals surface area contributed by atoms with Crippen LogP contribution < -0.4 is 5.32 Å². The Bertz CT molecular complexity index is 1240. The third-order valence-electron chi connectivity index (χ3n) is 5.93. The number of carbonyl (C=O) groups is 1. The standard InChI is InChI=1S/C26H30ClFN4O3/c1-26(2,3)30-24-9-21(22(27)10-29-24)18-8-23-25(34)32(20(15-35-4)13-31(23)11-18)12-17-7-19(28)6-5-16(17)14-33/h5-11,20,33H,12-15H2,1-4H3,(H,29,30)/t20-/m1/s1. The highest BCUT2D eigenvalue weighted by Crippen LogP contribution is 2.34. The number of methoxy groups -OCH3 is 1. The molecule has 1 atom stereocenters. The quantitative estimate of drug-likeness (QED) is 0.491. The molecule has 0 saturated carbocycles. The van der Waals surface area contributed by atoms with Crippen LogP contribution in [0.4, 0.5) is 10.2 Å². The number of benzene rings is 1. The zero-order valence-electron chi connectivity index (χ0n) is 20.3. The van der Waals surface area contributed by atoms with Gasteiger partial charge in [0, 0.05) is 49.3 Å². The molecule has 2 N–H and O–H groups in total. The lowest BCUT2D eigenvalue weighted by molar-refractivity contribution is 0.0386. The largest absolute Gasteiger partial charge is 0.392 e. The molecule has 0 radical (unpaired) electrons. The fourth-order valence-electron chi connectivity index (χ4n) is 4.35. The lowest BCUT2D eigenvalue weighted by Gasteiger charge is -2.36. The monoisotopic (exact) mass is 500 g/mol. The second-order valence-corrected chi connectivity index (χ2v) is 10.2. The molecule has 1 aliphatic heterocycles. The number of carbonyl (C=O) groups excluding carboxylic acids is 1. The van der Waals surface area contributed by atoms with Crippen molar-refractivity contribution >= 4 is 23.3 Å². The van der Waals surface area contributed by atoms with Crippen LogP contribution in [-0.4, -0.2) is 50.8 Å². The topological polar surface area (TPSA) is 79.6 Å². The average Bonchev–Trinajstić information content (AvgIpc) is 3.21. The highest BCUT2D eigenvalue weighted by Gasteiger charge is 2.34. The summed E-state index contributed by atoms with van der Waals surface area (Å²) in [5.74, 6) is 0.0763. The molecule has 1 aliphatic rings. The van der Waals surface area contributed by atoms with E-state index in [9.17, 15) is 14.3 Å². The number of rotatable bonds is 7. The number of amides is 1. The van der Waals surface area contributed by atoms with Gasteiger partial charge < -0.3 is 24.6 Å². The van der Waals surface area contributed by atoms with E-state index in [-0.39, 0.29) is 30.6 Å². The van der Waals surface area contributed by atoms with Crippen LogP contribution in [0.5, 0.6) is 0 Å². The molecule has 0 bridgehead atoms. The lowest BCUT2D eigenvalue weighted by Crippen LogP contribution is -2.49. The number of fused-ring (bicyclic) bond motifs is 1. The van der Waals surface area contributed by atoms with Gasteiger partial charge in [-0.05, 0) is 56.2 Å². The van der Waals surface area contributed by atoms with Crippen LogP contribution in [0.3, 0.4) is 0 Å². The van der Waals surface area contributed by atoms with Crippen molar-refractivity contribution in [1.82, 2.24) is 14.5 Å². The predicted octanol–water partition coefficient (Wildman–Crippen LogP) is 4.72. The number of hydrogen-bond donors (Lipinski definition) is 2. The van der Waals surface area contributed by atoms with Gasteiger partial charge in [-0.1, -0.05) is 17.7 Å². The predicted molar refractivity (Wildman–Crippen MR) is 134 cm³/mol. The Morgan fingerprint density at radius 1 is 1.26 bits per heavy atom. The molecule has 1 aromatic carbocycles. The number of aromatic nitrogens is 2. The number of aliphatic hydroxyl groups excluding tert-OH is 1. The van der Waals surface area contributed by atoms with Crippen LogP contribution in [0.25, 0.3) is 11.1 Å². The van der Waals surface area contributed by atoms with Gasteiger partial charge in [-0.15, -0.1) is 0 Å². The molecule has 2 aromatic heterocycles. The maximum absolute atomic E-state index is 13.9. The first kappa shape index (κ1) is 25.2. The van der Waals surface area contributed by atoms with E-state index in [0.717, 1.165) is 11.1 Å². The molecule has 0 saturated heterocycles. The molecule has 1 amide bonds. The number of nitrogens with zero attached hydrogens (tertiary/aromatic N) is 3.